The molecule has 4 rings (SSSR count). The van der Waals surface area contributed by atoms with E-state index >= 15 is 0 Å². The van der Waals surface area contributed by atoms with Gasteiger partial charge in [-0.15, -0.1) is 0 Å². The number of ether oxygens (including phenoxy) is 5. The Balaban J connectivity index is 0.000000591. The molecule has 2 amide bonds. The van der Waals surface area contributed by atoms with Crippen molar-refractivity contribution in [2.75, 3.05) is 17.7 Å². The van der Waals surface area contributed by atoms with Crippen LogP contribution in [-0.4, -0.2) is 63.8 Å². The first-order chi connectivity index (χ1) is 27.0. The molecule has 0 fully saturated rings. The van der Waals surface area contributed by atoms with Gasteiger partial charge in [0.2, 0.25) is 0 Å². The molecule has 0 aliphatic rings. The largest absolute Gasteiger partial charge is 1.00 e. The summed E-state index contributed by atoms with van der Waals surface area (Å²) in [5, 5.41) is 15.0. The normalized spacial score (nSPS) is 11.3. The number of hydrogen-bond donors (Lipinski definition) is 3. The molecular formula is C45H55Cl2LiN2O11. The number of benzene rings is 4. The van der Waals surface area contributed by atoms with Crippen LogP contribution in [0.2, 0.25) is 10.0 Å². The summed E-state index contributed by atoms with van der Waals surface area (Å²) >= 11 is 12.9. The molecule has 0 saturated heterocycles. The van der Waals surface area contributed by atoms with Gasteiger partial charge in [-0.25, -0.2) is 9.59 Å². The van der Waals surface area contributed by atoms with E-state index in [-0.39, 0.29) is 51.4 Å². The van der Waals surface area contributed by atoms with Crippen molar-refractivity contribution in [1.29, 1.82) is 0 Å². The van der Waals surface area contributed by atoms with Gasteiger partial charge < -0.3 is 44.9 Å². The summed E-state index contributed by atoms with van der Waals surface area (Å²) in [4.78, 5) is 48.0. The molecule has 0 aliphatic heterocycles. The van der Waals surface area contributed by atoms with E-state index in [0.29, 0.717) is 45.5 Å². The zero-order valence-corrected chi connectivity index (χ0v) is 38.8. The Morgan fingerprint density at radius 3 is 1.10 bits per heavy atom. The van der Waals surface area contributed by atoms with E-state index in [1.807, 2.05) is 83.1 Å². The average molecular weight is 878 g/mol. The number of methoxy groups -OCH3 is 1. The van der Waals surface area contributed by atoms with E-state index in [4.69, 9.17) is 47.3 Å². The van der Waals surface area contributed by atoms with Crippen molar-refractivity contribution < 1.29 is 72.3 Å². The van der Waals surface area contributed by atoms with Gasteiger partial charge >= 0.3 is 30.8 Å². The number of anilines is 2. The number of rotatable bonds is 10. The molecule has 0 spiro atoms. The van der Waals surface area contributed by atoms with Gasteiger partial charge in [-0.2, -0.15) is 0 Å². The van der Waals surface area contributed by atoms with Gasteiger partial charge in [0.1, 0.15) is 22.4 Å². The summed E-state index contributed by atoms with van der Waals surface area (Å²) in [7, 11) is 1.31. The maximum absolute atomic E-state index is 12.8. The van der Waals surface area contributed by atoms with Crippen molar-refractivity contribution in [3.8, 4) is 23.0 Å². The van der Waals surface area contributed by atoms with Crippen molar-refractivity contribution in [3.63, 3.8) is 0 Å². The van der Waals surface area contributed by atoms with Crippen LogP contribution in [0.1, 0.15) is 125 Å². The molecule has 0 radical (unpaired) electrons. The summed E-state index contributed by atoms with van der Waals surface area (Å²) in [6.07, 6.45) is 0. The fraction of sp³-hybridized carbons (Fsp3) is 0.378. The van der Waals surface area contributed by atoms with Crippen LogP contribution in [-0.2, 0) is 4.74 Å². The Morgan fingerprint density at radius 1 is 0.508 bits per heavy atom. The zero-order chi connectivity index (χ0) is 44.7. The summed E-state index contributed by atoms with van der Waals surface area (Å²) in [5.41, 5.74) is 0.0785. The van der Waals surface area contributed by atoms with Crippen LogP contribution in [0.4, 0.5) is 11.4 Å². The predicted octanol–water partition coefficient (Wildman–Crippen LogP) is 8.21. The van der Waals surface area contributed by atoms with Crippen LogP contribution >= 0.6 is 23.2 Å². The van der Waals surface area contributed by atoms with Crippen molar-refractivity contribution in [3.05, 3.63) is 105 Å². The molecule has 13 nitrogen and oxygen atoms in total. The van der Waals surface area contributed by atoms with E-state index in [9.17, 15) is 19.2 Å². The van der Waals surface area contributed by atoms with E-state index in [1.54, 1.807) is 36.4 Å². The zero-order valence-electron chi connectivity index (χ0n) is 37.3. The van der Waals surface area contributed by atoms with Gasteiger partial charge in [0.15, 0.2) is 23.0 Å². The number of esters is 1. The quantitative estimate of drug-likeness (QED) is 0.103. The Morgan fingerprint density at radius 2 is 0.820 bits per heavy atom. The smallest absolute Gasteiger partial charge is 0.870 e. The summed E-state index contributed by atoms with van der Waals surface area (Å²) < 4.78 is 28.6. The fourth-order valence-corrected chi connectivity index (χ4v) is 5.43. The molecule has 0 unspecified atom stereocenters. The number of aromatic carboxylic acids is 1. The van der Waals surface area contributed by atoms with Gasteiger partial charge in [0, 0.05) is 22.5 Å². The molecule has 0 atom stereocenters. The van der Waals surface area contributed by atoms with Crippen LogP contribution in [0, 0.1) is 0 Å². The van der Waals surface area contributed by atoms with Gasteiger partial charge in [0.05, 0.1) is 28.3 Å². The molecule has 0 bridgehead atoms. The SMILES string of the molecule is CC(C)(C)Oc1cc(C(=O)Nc2ccc(C(=O)O)cc2)cc(Cl)c1OC(C)(C)C.COC(=O)c1ccc(NC(=O)c2cc(Cl)c(OC(C)(C)C)c(OC(C)(C)C)c2)cc1.[Li+].[OH-]. The summed E-state index contributed by atoms with van der Waals surface area (Å²) in [6.45, 7) is 22.8. The third kappa shape index (κ3) is 17.9. The number of halogens is 2. The minimum absolute atomic E-state index is 0. The monoisotopic (exact) mass is 876 g/mol. The first-order valence-electron chi connectivity index (χ1n) is 18.6. The Labute approximate surface area is 380 Å². The number of carbonyl (C=O) groups is 4. The standard InChI is InChI=1S/C23H28ClNO5.C22H26ClNO5.Li.H2O/c1-22(2,3)29-18-13-15(12-17(24)19(18)30-23(4,5)6)20(26)25-16-10-8-14(9-11-16)21(27)28-7;1-21(2,3)28-17-12-14(11-16(23)18(17)29-22(4,5)6)19(25)24-15-9-7-13(8-10-15)20(26)27;;/h8-13H,1-7H3,(H,25,26);7-12H,1-6H3,(H,24,25)(H,26,27);;1H2/q;;+1;/p-1. The van der Waals surface area contributed by atoms with Crippen LogP contribution in [0.25, 0.3) is 0 Å². The Kier molecular flexibility index (Phi) is 19.3. The average Bonchev–Trinajstić information content (AvgIpc) is 3.09. The van der Waals surface area contributed by atoms with E-state index in [2.05, 4.69) is 15.4 Å². The van der Waals surface area contributed by atoms with E-state index < -0.39 is 40.2 Å². The number of nitrogens with one attached hydrogen (secondary N) is 2. The minimum Gasteiger partial charge on any atom is -0.870 e. The fourth-order valence-electron chi connectivity index (χ4n) is 4.93. The van der Waals surface area contributed by atoms with E-state index in [1.165, 1.54) is 43.5 Å². The second kappa shape index (κ2) is 21.8. The predicted molar refractivity (Wildman–Crippen MR) is 233 cm³/mol. The van der Waals surface area contributed by atoms with Gasteiger partial charge in [0.25, 0.3) is 11.8 Å². The van der Waals surface area contributed by atoms with Crippen molar-refractivity contribution >= 4 is 58.3 Å². The van der Waals surface area contributed by atoms with Crippen LogP contribution in [0.3, 0.4) is 0 Å². The second-order valence-corrected chi connectivity index (χ2v) is 18.1. The first kappa shape index (κ1) is 54.1. The van der Waals surface area contributed by atoms with Crippen LogP contribution in [0.15, 0.2) is 72.8 Å². The maximum atomic E-state index is 12.8. The number of carbonyl (C=O) groups excluding carboxylic acids is 3. The topological polar surface area (TPSA) is 189 Å². The number of carboxylic acid groups (broad SMARTS) is 1. The minimum atomic E-state index is -1.03. The second-order valence-electron chi connectivity index (χ2n) is 17.3. The molecule has 0 aliphatic carbocycles. The molecule has 16 heteroatoms. The molecule has 4 aromatic carbocycles. The summed E-state index contributed by atoms with van der Waals surface area (Å²) in [6, 6.07) is 18.5. The third-order valence-corrected chi connectivity index (χ3v) is 7.71. The molecule has 0 heterocycles. The molecule has 0 aromatic heterocycles. The molecule has 61 heavy (non-hydrogen) atoms. The number of hydrogen-bond acceptors (Lipinski definition) is 10. The van der Waals surface area contributed by atoms with Gasteiger partial charge in [-0.3, -0.25) is 9.59 Å². The van der Waals surface area contributed by atoms with Gasteiger partial charge in [-0.1, -0.05) is 23.2 Å². The molecule has 4 N–H and O–H groups in total. The molecule has 0 saturated carbocycles. The summed E-state index contributed by atoms with van der Waals surface area (Å²) in [5.74, 6) is -0.747. The van der Waals surface area contributed by atoms with E-state index in [0.717, 1.165) is 0 Å². The van der Waals surface area contributed by atoms with Gasteiger partial charge in [-0.05, 0) is 156 Å². The van der Waals surface area contributed by atoms with Crippen molar-refractivity contribution in [2.24, 2.45) is 0 Å². The Bertz CT molecular complexity index is 2150. The Hall–Kier alpha value is -4.90. The van der Waals surface area contributed by atoms with Crippen molar-refractivity contribution in [2.45, 2.75) is 105 Å². The number of amides is 2. The first-order valence-corrected chi connectivity index (χ1v) is 19.4. The molecular weight excluding hydrogens is 822 g/mol. The third-order valence-electron chi connectivity index (χ3n) is 7.15. The van der Waals surface area contributed by atoms with Crippen molar-refractivity contribution in [1.82, 2.24) is 0 Å². The maximum Gasteiger partial charge on any atom is 1.00 e. The number of carboxylic acids is 1. The molecule has 326 valence electrons. The van der Waals surface area contributed by atoms with Crippen LogP contribution in [0.5, 0.6) is 23.0 Å². The van der Waals surface area contributed by atoms with Crippen LogP contribution < -0.4 is 48.4 Å². The molecule has 4 aromatic rings.